The Hall–Kier alpha value is -1.52. The summed E-state index contributed by atoms with van der Waals surface area (Å²) in [5.74, 6) is -0.788. The molecular weight excluding hydrogens is 217 g/mol. The third kappa shape index (κ3) is 1.77. The van der Waals surface area contributed by atoms with Crippen LogP contribution >= 0.6 is 0 Å². The summed E-state index contributed by atoms with van der Waals surface area (Å²) in [6.45, 7) is 3.85. The quantitative estimate of drug-likeness (QED) is 0.792. The van der Waals surface area contributed by atoms with E-state index in [1.54, 1.807) is 18.2 Å². The first-order chi connectivity index (χ1) is 7.39. The lowest BCUT2D eigenvalue weighted by atomic mass is 10.0. The molecular formula is C11H11F3N2. The lowest BCUT2D eigenvalue weighted by Crippen LogP contribution is -2.06. The van der Waals surface area contributed by atoms with E-state index in [1.165, 1.54) is 0 Å². The summed E-state index contributed by atoms with van der Waals surface area (Å²) in [6.07, 6.45) is -4.42. The largest absolute Gasteiger partial charge is 0.449 e. The minimum Gasteiger partial charge on any atom is -0.334 e. The summed E-state index contributed by atoms with van der Waals surface area (Å²) in [5, 5.41) is 0. The van der Waals surface area contributed by atoms with Gasteiger partial charge in [-0.15, -0.1) is 0 Å². The molecule has 0 fully saturated rings. The number of hydrogen-bond donors (Lipinski definition) is 1. The zero-order valence-corrected chi connectivity index (χ0v) is 8.89. The Bertz CT molecular complexity index is 511. The number of benzene rings is 1. The molecule has 1 aromatic heterocycles. The Kier molecular flexibility index (Phi) is 2.40. The molecule has 1 aromatic carbocycles. The summed E-state index contributed by atoms with van der Waals surface area (Å²) in [5.41, 5.74) is 1.66. The number of alkyl halides is 3. The topological polar surface area (TPSA) is 28.7 Å². The molecule has 16 heavy (non-hydrogen) atoms. The van der Waals surface area contributed by atoms with Crippen LogP contribution in [-0.4, -0.2) is 9.97 Å². The fraction of sp³-hybridized carbons (Fsp3) is 0.364. The first-order valence-electron chi connectivity index (χ1n) is 4.95. The lowest BCUT2D eigenvalue weighted by molar-refractivity contribution is -0.144. The van der Waals surface area contributed by atoms with Crippen LogP contribution in [0.1, 0.15) is 31.2 Å². The third-order valence-electron chi connectivity index (χ3n) is 2.43. The van der Waals surface area contributed by atoms with Gasteiger partial charge in [0.25, 0.3) is 0 Å². The summed E-state index contributed by atoms with van der Waals surface area (Å²) >= 11 is 0. The van der Waals surface area contributed by atoms with E-state index in [0.717, 1.165) is 5.56 Å². The molecule has 0 aliphatic carbocycles. The van der Waals surface area contributed by atoms with Gasteiger partial charge in [0.1, 0.15) is 0 Å². The van der Waals surface area contributed by atoms with Gasteiger partial charge in [0.2, 0.25) is 5.82 Å². The Morgan fingerprint density at radius 1 is 1.25 bits per heavy atom. The molecule has 0 saturated carbocycles. The maximum Gasteiger partial charge on any atom is 0.449 e. The van der Waals surface area contributed by atoms with E-state index in [4.69, 9.17) is 0 Å². The molecule has 0 aliphatic rings. The van der Waals surface area contributed by atoms with Crippen molar-refractivity contribution < 1.29 is 13.2 Å². The second kappa shape index (κ2) is 3.50. The van der Waals surface area contributed by atoms with Gasteiger partial charge in [0.15, 0.2) is 0 Å². The van der Waals surface area contributed by atoms with Crippen LogP contribution in [0.2, 0.25) is 0 Å². The molecule has 0 bridgehead atoms. The average Bonchev–Trinajstić information content (AvgIpc) is 2.59. The predicted molar refractivity (Wildman–Crippen MR) is 55.2 cm³/mol. The lowest BCUT2D eigenvalue weighted by Gasteiger charge is -2.04. The summed E-state index contributed by atoms with van der Waals surface area (Å²) < 4.78 is 37.4. The van der Waals surface area contributed by atoms with Gasteiger partial charge in [-0.1, -0.05) is 26.0 Å². The van der Waals surface area contributed by atoms with E-state index in [1.807, 2.05) is 13.8 Å². The molecule has 1 N–H and O–H groups in total. The molecule has 0 saturated heterocycles. The average molecular weight is 228 g/mol. The van der Waals surface area contributed by atoms with E-state index in [2.05, 4.69) is 9.97 Å². The fourth-order valence-corrected chi connectivity index (χ4v) is 1.65. The van der Waals surface area contributed by atoms with Gasteiger partial charge in [0.05, 0.1) is 11.0 Å². The van der Waals surface area contributed by atoms with Crippen molar-refractivity contribution in [3.63, 3.8) is 0 Å². The highest BCUT2D eigenvalue weighted by Crippen LogP contribution is 2.31. The van der Waals surface area contributed by atoms with Crippen molar-refractivity contribution in [2.45, 2.75) is 25.9 Å². The zero-order valence-electron chi connectivity index (χ0n) is 8.89. The molecule has 0 aliphatic heterocycles. The van der Waals surface area contributed by atoms with Gasteiger partial charge in [-0.2, -0.15) is 13.2 Å². The Morgan fingerprint density at radius 3 is 2.50 bits per heavy atom. The molecule has 0 unspecified atom stereocenters. The van der Waals surface area contributed by atoms with E-state index in [9.17, 15) is 13.2 Å². The second-order valence-electron chi connectivity index (χ2n) is 3.98. The highest BCUT2D eigenvalue weighted by atomic mass is 19.4. The summed E-state index contributed by atoms with van der Waals surface area (Å²) in [6, 6.07) is 5.13. The zero-order chi connectivity index (χ0) is 11.9. The van der Waals surface area contributed by atoms with Crippen LogP contribution in [0.3, 0.4) is 0 Å². The van der Waals surface area contributed by atoms with Gasteiger partial charge in [-0.25, -0.2) is 4.98 Å². The number of H-pyrrole nitrogens is 1. The Labute approximate surface area is 90.5 Å². The smallest absolute Gasteiger partial charge is 0.334 e. The number of imidazole rings is 1. The summed E-state index contributed by atoms with van der Waals surface area (Å²) in [7, 11) is 0. The monoisotopic (exact) mass is 228 g/mol. The predicted octanol–water partition coefficient (Wildman–Crippen LogP) is 3.71. The van der Waals surface area contributed by atoms with Gasteiger partial charge in [-0.05, 0) is 17.5 Å². The van der Waals surface area contributed by atoms with E-state index < -0.39 is 12.0 Å². The van der Waals surface area contributed by atoms with Crippen molar-refractivity contribution in [3.8, 4) is 0 Å². The molecule has 86 valence electrons. The van der Waals surface area contributed by atoms with Crippen molar-refractivity contribution in [1.82, 2.24) is 9.97 Å². The number of rotatable bonds is 1. The molecule has 0 spiro atoms. The number of nitrogens with one attached hydrogen (secondary N) is 1. The number of hydrogen-bond acceptors (Lipinski definition) is 1. The van der Waals surface area contributed by atoms with Crippen LogP contribution in [0.25, 0.3) is 11.0 Å². The van der Waals surface area contributed by atoms with Crippen molar-refractivity contribution >= 4 is 11.0 Å². The van der Waals surface area contributed by atoms with E-state index in [-0.39, 0.29) is 5.92 Å². The minimum absolute atomic E-state index is 0.146. The standard InChI is InChI=1S/C11H11F3N2/c1-6(2)7-4-3-5-8-9(7)16-10(15-8)11(12,13)14/h3-6H,1-2H3,(H,15,16). The maximum absolute atomic E-state index is 12.5. The van der Waals surface area contributed by atoms with Crippen LogP contribution in [0.5, 0.6) is 0 Å². The Balaban J connectivity index is 2.66. The third-order valence-corrected chi connectivity index (χ3v) is 2.43. The van der Waals surface area contributed by atoms with Crippen LogP contribution in [0, 0.1) is 0 Å². The van der Waals surface area contributed by atoms with Gasteiger partial charge < -0.3 is 4.98 Å². The summed E-state index contributed by atoms with van der Waals surface area (Å²) in [4.78, 5) is 5.92. The first-order valence-corrected chi connectivity index (χ1v) is 4.95. The normalized spacial score (nSPS) is 12.6. The number of para-hydroxylation sites is 1. The molecule has 0 amide bonds. The van der Waals surface area contributed by atoms with E-state index >= 15 is 0 Å². The molecule has 2 nitrogen and oxygen atoms in total. The van der Waals surface area contributed by atoms with E-state index in [0.29, 0.717) is 11.0 Å². The molecule has 2 rings (SSSR count). The van der Waals surface area contributed by atoms with Crippen molar-refractivity contribution in [3.05, 3.63) is 29.6 Å². The molecule has 0 radical (unpaired) electrons. The van der Waals surface area contributed by atoms with Crippen LogP contribution in [0.4, 0.5) is 13.2 Å². The van der Waals surface area contributed by atoms with Crippen molar-refractivity contribution in [1.29, 1.82) is 0 Å². The second-order valence-corrected chi connectivity index (χ2v) is 3.98. The number of nitrogens with zero attached hydrogens (tertiary/aromatic N) is 1. The van der Waals surface area contributed by atoms with Crippen LogP contribution in [0.15, 0.2) is 18.2 Å². The van der Waals surface area contributed by atoms with Crippen molar-refractivity contribution in [2.75, 3.05) is 0 Å². The highest BCUT2D eigenvalue weighted by molar-refractivity contribution is 5.79. The highest BCUT2D eigenvalue weighted by Gasteiger charge is 2.35. The molecule has 0 atom stereocenters. The minimum atomic E-state index is -4.42. The van der Waals surface area contributed by atoms with Gasteiger partial charge in [-0.3, -0.25) is 0 Å². The molecule has 5 heteroatoms. The number of aromatic nitrogens is 2. The SMILES string of the molecule is CC(C)c1cccc2[nH]c(C(F)(F)F)nc12. The molecule has 2 aromatic rings. The maximum atomic E-state index is 12.5. The fourth-order valence-electron chi connectivity index (χ4n) is 1.65. The Morgan fingerprint density at radius 2 is 1.94 bits per heavy atom. The first kappa shape index (κ1) is 11.0. The van der Waals surface area contributed by atoms with Crippen LogP contribution in [-0.2, 0) is 6.18 Å². The number of aromatic amines is 1. The molecule has 1 heterocycles. The number of halogens is 3. The van der Waals surface area contributed by atoms with Crippen LogP contribution < -0.4 is 0 Å². The van der Waals surface area contributed by atoms with Gasteiger partial charge >= 0.3 is 6.18 Å². The van der Waals surface area contributed by atoms with Gasteiger partial charge in [0, 0.05) is 0 Å². The number of fused-ring (bicyclic) bond motifs is 1. The van der Waals surface area contributed by atoms with Crippen molar-refractivity contribution in [2.24, 2.45) is 0 Å².